The van der Waals surface area contributed by atoms with Crippen LogP contribution in [0.1, 0.15) is 16.8 Å². The predicted molar refractivity (Wildman–Crippen MR) is 133 cm³/mol. The molecule has 3 heteroatoms. The number of benzene rings is 4. The van der Waals surface area contributed by atoms with Crippen molar-refractivity contribution < 1.29 is 0 Å². The van der Waals surface area contributed by atoms with Gasteiger partial charge in [-0.25, -0.2) is 4.98 Å². The van der Waals surface area contributed by atoms with Gasteiger partial charge >= 0.3 is 0 Å². The van der Waals surface area contributed by atoms with Crippen molar-refractivity contribution in [2.24, 2.45) is 0 Å². The van der Waals surface area contributed by atoms with Crippen LogP contribution < -0.4 is 0 Å². The Morgan fingerprint density at radius 2 is 1.44 bits per heavy atom. The topological polar surface area (TPSA) is 21.7 Å². The SMILES string of the molecule is Cc1cccc(Cc2cn3c4ccccc4cc3c3nc4cc5ccccc5cc4n23)c1. The van der Waals surface area contributed by atoms with Crippen LogP contribution in [0.25, 0.3) is 43.9 Å². The molecule has 0 aliphatic rings. The molecule has 0 saturated heterocycles. The Morgan fingerprint density at radius 1 is 0.688 bits per heavy atom. The second kappa shape index (κ2) is 6.44. The number of aryl methyl sites for hydroxylation is 1. The number of aromatic nitrogens is 3. The van der Waals surface area contributed by atoms with Gasteiger partial charge in [0.1, 0.15) is 0 Å². The first-order valence-corrected chi connectivity index (χ1v) is 11.0. The van der Waals surface area contributed by atoms with Crippen molar-refractivity contribution in [1.29, 1.82) is 0 Å². The van der Waals surface area contributed by atoms with Gasteiger partial charge in [-0.3, -0.25) is 4.40 Å². The molecule has 0 amide bonds. The number of nitrogens with zero attached hydrogens (tertiary/aromatic N) is 3. The number of imidazole rings is 1. The van der Waals surface area contributed by atoms with E-state index in [2.05, 4.69) is 113 Å². The number of hydrogen-bond acceptors (Lipinski definition) is 1. The van der Waals surface area contributed by atoms with Crippen molar-refractivity contribution in [1.82, 2.24) is 13.8 Å². The van der Waals surface area contributed by atoms with Gasteiger partial charge in [-0.15, -0.1) is 0 Å². The third-order valence-electron chi connectivity index (χ3n) is 6.53. The highest BCUT2D eigenvalue weighted by molar-refractivity contribution is 6.00. The molecular formula is C29H21N3. The molecule has 0 bridgehead atoms. The summed E-state index contributed by atoms with van der Waals surface area (Å²) >= 11 is 0. The molecule has 3 aromatic heterocycles. The second-order valence-electron chi connectivity index (χ2n) is 8.70. The Bertz CT molecular complexity index is 1810. The highest BCUT2D eigenvalue weighted by Crippen LogP contribution is 2.30. The zero-order valence-electron chi connectivity index (χ0n) is 17.8. The molecule has 0 saturated carbocycles. The highest BCUT2D eigenvalue weighted by Gasteiger charge is 2.16. The van der Waals surface area contributed by atoms with Crippen LogP contribution in [0.5, 0.6) is 0 Å². The van der Waals surface area contributed by atoms with E-state index in [1.807, 2.05) is 0 Å². The van der Waals surface area contributed by atoms with Crippen LogP contribution in [0, 0.1) is 6.92 Å². The van der Waals surface area contributed by atoms with Crippen LogP contribution in [-0.4, -0.2) is 13.8 Å². The zero-order valence-corrected chi connectivity index (χ0v) is 17.8. The summed E-state index contributed by atoms with van der Waals surface area (Å²) in [7, 11) is 0. The summed E-state index contributed by atoms with van der Waals surface area (Å²) in [5.41, 5.74) is 9.39. The molecule has 0 unspecified atom stereocenters. The van der Waals surface area contributed by atoms with Gasteiger partial charge in [0.05, 0.1) is 22.1 Å². The van der Waals surface area contributed by atoms with Gasteiger partial charge in [-0.1, -0.05) is 72.3 Å². The maximum Gasteiger partial charge on any atom is 0.162 e. The first kappa shape index (κ1) is 17.6. The van der Waals surface area contributed by atoms with Crippen molar-refractivity contribution in [2.75, 3.05) is 0 Å². The third-order valence-corrected chi connectivity index (χ3v) is 6.53. The van der Waals surface area contributed by atoms with E-state index in [-0.39, 0.29) is 0 Å². The van der Waals surface area contributed by atoms with Crippen LogP contribution in [-0.2, 0) is 6.42 Å². The zero-order chi connectivity index (χ0) is 21.2. The van der Waals surface area contributed by atoms with Crippen molar-refractivity contribution >= 4 is 43.9 Å². The minimum absolute atomic E-state index is 0.846. The van der Waals surface area contributed by atoms with Gasteiger partial charge in [-0.2, -0.15) is 0 Å². The van der Waals surface area contributed by atoms with E-state index in [0.29, 0.717) is 0 Å². The maximum absolute atomic E-state index is 5.15. The molecular weight excluding hydrogens is 390 g/mol. The minimum Gasteiger partial charge on any atom is -0.311 e. The molecule has 0 atom stereocenters. The van der Waals surface area contributed by atoms with Gasteiger partial charge in [-0.05, 0) is 47.5 Å². The molecule has 0 fully saturated rings. The Labute approximate surface area is 185 Å². The van der Waals surface area contributed by atoms with Gasteiger partial charge in [0.25, 0.3) is 0 Å². The van der Waals surface area contributed by atoms with Gasteiger partial charge in [0, 0.05) is 23.7 Å². The second-order valence-corrected chi connectivity index (χ2v) is 8.70. The molecule has 0 N–H and O–H groups in total. The van der Waals surface area contributed by atoms with Gasteiger partial charge in [0.15, 0.2) is 5.65 Å². The van der Waals surface area contributed by atoms with E-state index in [4.69, 9.17) is 4.98 Å². The normalized spacial score (nSPS) is 12.0. The van der Waals surface area contributed by atoms with E-state index in [1.165, 1.54) is 38.5 Å². The number of fused-ring (bicyclic) bond motifs is 8. The standard InChI is InChI=1S/C29H21N3/c1-19-7-6-8-20(13-19)14-24-18-31-26-12-5-4-11-23(26)17-28(31)29-30-25-15-21-9-2-3-10-22(21)16-27(25)32(24)29/h2-13,15-18H,14H2,1H3. The molecule has 3 nitrogen and oxygen atoms in total. The monoisotopic (exact) mass is 411 g/mol. The van der Waals surface area contributed by atoms with E-state index >= 15 is 0 Å². The third kappa shape index (κ3) is 2.51. The first-order valence-electron chi connectivity index (χ1n) is 11.0. The molecule has 0 radical (unpaired) electrons. The van der Waals surface area contributed by atoms with Crippen LogP contribution in [0.15, 0.2) is 97.2 Å². The fourth-order valence-electron chi connectivity index (χ4n) is 5.08. The maximum atomic E-state index is 5.15. The van der Waals surface area contributed by atoms with Crippen molar-refractivity contribution in [3.05, 3.63) is 114 Å². The molecule has 32 heavy (non-hydrogen) atoms. The lowest BCUT2D eigenvalue weighted by Gasteiger charge is -2.11. The van der Waals surface area contributed by atoms with Crippen LogP contribution in [0.3, 0.4) is 0 Å². The summed E-state index contributed by atoms with van der Waals surface area (Å²) in [4.78, 5) is 5.15. The number of para-hydroxylation sites is 1. The molecule has 7 aromatic rings. The Hall–Kier alpha value is -4.11. The summed E-state index contributed by atoms with van der Waals surface area (Å²) in [5, 5.41) is 3.70. The summed E-state index contributed by atoms with van der Waals surface area (Å²) in [6, 6.07) is 32.6. The van der Waals surface area contributed by atoms with Gasteiger partial charge in [0.2, 0.25) is 0 Å². The molecule has 0 aliphatic carbocycles. The molecule has 0 aliphatic heterocycles. The van der Waals surface area contributed by atoms with Crippen LogP contribution >= 0.6 is 0 Å². The molecule has 152 valence electrons. The first-order chi connectivity index (χ1) is 15.7. The summed E-state index contributed by atoms with van der Waals surface area (Å²) in [6.45, 7) is 2.15. The van der Waals surface area contributed by atoms with Crippen molar-refractivity contribution in [3.63, 3.8) is 0 Å². The van der Waals surface area contributed by atoms with E-state index in [0.717, 1.165) is 28.6 Å². The fraction of sp³-hybridized carbons (Fsp3) is 0.0690. The average molecular weight is 412 g/mol. The van der Waals surface area contributed by atoms with E-state index in [1.54, 1.807) is 0 Å². The van der Waals surface area contributed by atoms with Crippen molar-refractivity contribution in [2.45, 2.75) is 13.3 Å². The van der Waals surface area contributed by atoms with Crippen LogP contribution in [0.2, 0.25) is 0 Å². The fourth-order valence-corrected chi connectivity index (χ4v) is 5.08. The smallest absolute Gasteiger partial charge is 0.162 e. The molecule has 7 rings (SSSR count). The largest absolute Gasteiger partial charge is 0.311 e. The summed E-state index contributed by atoms with van der Waals surface area (Å²) < 4.78 is 4.67. The minimum atomic E-state index is 0.846. The lowest BCUT2D eigenvalue weighted by Crippen LogP contribution is -2.02. The van der Waals surface area contributed by atoms with E-state index < -0.39 is 0 Å². The lowest BCUT2D eigenvalue weighted by atomic mass is 10.1. The summed E-state index contributed by atoms with van der Waals surface area (Å²) in [6.07, 6.45) is 3.14. The lowest BCUT2D eigenvalue weighted by molar-refractivity contribution is 0.991. The quantitative estimate of drug-likeness (QED) is 0.302. The Morgan fingerprint density at radius 3 is 2.28 bits per heavy atom. The highest BCUT2D eigenvalue weighted by atomic mass is 15.1. The van der Waals surface area contributed by atoms with Crippen LogP contribution in [0.4, 0.5) is 0 Å². The molecule has 4 aromatic carbocycles. The molecule has 0 spiro atoms. The number of hydrogen-bond donors (Lipinski definition) is 0. The average Bonchev–Trinajstić information content (AvgIpc) is 3.36. The van der Waals surface area contributed by atoms with Gasteiger partial charge < -0.3 is 4.40 Å². The number of rotatable bonds is 2. The molecule has 3 heterocycles. The Kier molecular flexibility index (Phi) is 3.54. The Balaban J connectivity index is 1.64. The predicted octanol–water partition coefficient (Wildman–Crippen LogP) is 6.95. The van der Waals surface area contributed by atoms with E-state index in [9.17, 15) is 0 Å². The van der Waals surface area contributed by atoms with Crippen molar-refractivity contribution in [3.8, 4) is 0 Å². The summed E-state index contributed by atoms with van der Waals surface area (Å²) in [5.74, 6) is 0.